The maximum Gasteiger partial charge on any atom is 0.145 e. The van der Waals surface area contributed by atoms with Crippen LogP contribution in [0.1, 0.15) is 70.4 Å². The third-order valence-corrected chi connectivity index (χ3v) is 4.28. The number of hydrogen-bond acceptors (Lipinski definition) is 1. The zero-order valence-electron chi connectivity index (χ0n) is 13.0. The number of rotatable bonds is 10. The van der Waals surface area contributed by atoms with Gasteiger partial charge in [-0.05, 0) is 47.4 Å². The molecule has 1 aromatic carbocycles. The smallest absolute Gasteiger partial charge is 0.145 e. The van der Waals surface area contributed by atoms with Crippen molar-refractivity contribution in [1.29, 1.82) is 0 Å². The Bertz CT molecular complexity index is 423. The molecule has 0 radical (unpaired) electrons. The number of benzene rings is 1. The molecular formula is C17H26BrF2N. The second kappa shape index (κ2) is 10.3. The molecule has 0 aliphatic carbocycles. The van der Waals surface area contributed by atoms with Gasteiger partial charge in [-0.15, -0.1) is 0 Å². The van der Waals surface area contributed by atoms with Crippen molar-refractivity contribution in [2.24, 2.45) is 0 Å². The van der Waals surface area contributed by atoms with Gasteiger partial charge in [0.2, 0.25) is 0 Å². The van der Waals surface area contributed by atoms with Gasteiger partial charge in [0, 0.05) is 11.6 Å². The van der Waals surface area contributed by atoms with Crippen LogP contribution in [0.15, 0.2) is 16.6 Å². The summed E-state index contributed by atoms with van der Waals surface area (Å²) in [5, 5.41) is 3.28. The molecule has 1 aromatic rings. The summed E-state index contributed by atoms with van der Waals surface area (Å²) in [4.78, 5) is 0. The molecule has 0 saturated carbocycles. The van der Waals surface area contributed by atoms with E-state index in [1.54, 1.807) is 0 Å². The fraction of sp³-hybridized carbons (Fsp3) is 0.647. The lowest BCUT2D eigenvalue weighted by Crippen LogP contribution is -2.24. The molecule has 0 bridgehead atoms. The molecule has 0 aromatic heterocycles. The van der Waals surface area contributed by atoms with Crippen molar-refractivity contribution in [1.82, 2.24) is 5.32 Å². The van der Waals surface area contributed by atoms with Gasteiger partial charge < -0.3 is 5.32 Å². The number of halogens is 3. The van der Waals surface area contributed by atoms with Crippen molar-refractivity contribution in [2.75, 3.05) is 6.54 Å². The average Bonchev–Trinajstić information content (AvgIpc) is 2.48. The molecule has 120 valence electrons. The number of unbranched alkanes of at least 4 members (excludes halogenated alkanes) is 4. The van der Waals surface area contributed by atoms with Gasteiger partial charge in [-0.1, -0.05) is 46.0 Å². The number of hydrogen-bond donors (Lipinski definition) is 1. The van der Waals surface area contributed by atoms with E-state index in [-0.39, 0.29) is 11.6 Å². The number of nitrogens with one attached hydrogen (secondary N) is 1. The van der Waals surface area contributed by atoms with Crippen molar-refractivity contribution in [2.45, 2.75) is 64.8 Å². The lowest BCUT2D eigenvalue weighted by Gasteiger charge is -2.20. The molecule has 0 amide bonds. The molecule has 1 unspecified atom stereocenters. The van der Waals surface area contributed by atoms with Crippen molar-refractivity contribution >= 4 is 15.9 Å². The predicted octanol–water partition coefficient (Wildman–Crippen LogP) is 6.13. The zero-order chi connectivity index (χ0) is 15.7. The fourth-order valence-electron chi connectivity index (χ4n) is 2.48. The van der Waals surface area contributed by atoms with E-state index in [4.69, 9.17) is 0 Å². The van der Waals surface area contributed by atoms with Crippen LogP contribution in [0.5, 0.6) is 0 Å². The highest BCUT2D eigenvalue weighted by Gasteiger charge is 2.21. The van der Waals surface area contributed by atoms with Gasteiger partial charge in [-0.3, -0.25) is 0 Å². The van der Waals surface area contributed by atoms with Crippen molar-refractivity contribution < 1.29 is 8.78 Å². The Balaban J connectivity index is 2.75. The highest BCUT2D eigenvalue weighted by Crippen LogP contribution is 2.29. The van der Waals surface area contributed by atoms with E-state index in [2.05, 4.69) is 35.1 Å². The molecule has 4 heteroatoms. The van der Waals surface area contributed by atoms with E-state index in [0.29, 0.717) is 4.47 Å². The van der Waals surface area contributed by atoms with Gasteiger partial charge in [0.05, 0.1) is 4.47 Å². The molecule has 0 spiro atoms. The van der Waals surface area contributed by atoms with Crippen LogP contribution in [0.2, 0.25) is 0 Å². The molecule has 0 heterocycles. The molecule has 1 rings (SSSR count). The van der Waals surface area contributed by atoms with E-state index in [9.17, 15) is 8.78 Å². The summed E-state index contributed by atoms with van der Waals surface area (Å²) in [6, 6.07) is 2.51. The minimum absolute atomic E-state index is 0.174. The van der Waals surface area contributed by atoms with Crippen LogP contribution in [-0.2, 0) is 0 Å². The van der Waals surface area contributed by atoms with Crippen LogP contribution in [0.3, 0.4) is 0 Å². The SMILES string of the molecule is CCCCCCCC(NCCC)c1c(F)ccc(Br)c1F. The summed E-state index contributed by atoms with van der Waals surface area (Å²) in [6.07, 6.45) is 7.46. The Labute approximate surface area is 135 Å². The van der Waals surface area contributed by atoms with Crippen LogP contribution in [0, 0.1) is 11.6 Å². The van der Waals surface area contributed by atoms with E-state index in [1.165, 1.54) is 31.4 Å². The molecule has 21 heavy (non-hydrogen) atoms. The molecule has 1 nitrogen and oxygen atoms in total. The maximum atomic E-state index is 14.2. The highest BCUT2D eigenvalue weighted by molar-refractivity contribution is 9.10. The second-order valence-electron chi connectivity index (χ2n) is 5.47. The molecule has 1 atom stereocenters. The lowest BCUT2D eigenvalue weighted by molar-refractivity contribution is 0.427. The Morgan fingerprint density at radius 3 is 2.43 bits per heavy atom. The van der Waals surface area contributed by atoms with Gasteiger partial charge in [0.15, 0.2) is 0 Å². The van der Waals surface area contributed by atoms with Crippen molar-refractivity contribution in [3.63, 3.8) is 0 Å². The minimum atomic E-state index is -0.475. The summed E-state index contributed by atoms with van der Waals surface area (Å²) < 4.78 is 28.6. The average molecular weight is 362 g/mol. The van der Waals surface area contributed by atoms with Crippen LogP contribution in [-0.4, -0.2) is 6.54 Å². The first kappa shape index (κ1) is 18.6. The predicted molar refractivity (Wildman–Crippen MR) is 88.5 cm³/mol. The Kier molecular flexibility index (Phi) is 9.09. The molecule has 0 aliphatic rings. The van der Waals surface area contributed by atoms with Crippen LogP contribution in [0.4, 0.5) is 8.78 Å². The molecule has 0 fully saturated rings. The molecule has 0 saturated heterocycles. The van der Waals surface area contributed by atoms with Crippen LogP contribution < -0.4 is 5.32 Å². The quantitative estimate of drug-likeness (QED) is 0.390. The first-order valence-electron chi connectivity index (χ1n) is 7.98. The Hall–Kier alpha value is -0.480. The van der Waals surface area contributed by atoms with E-state index >= 15 is 0 Å². The van der Waals surface area contributed by atoms with Crippen LogP contribution in [0.25, 0.3) is 0 Å². The lowest BCUT2D eigenvalue weighted by atomic mass is 9.98. The molecular weight excluding hydrogens is 336 g/mol. The summed E-state index contributed by atoms with van der Waals surface area (Å²) in [5.74, 6) is -0.935. The topological polar surface area (TPSA) is 12.0 Å². The monoisotopic (exact) mass is 361 g/mol. The highest BCUT2D eigenvalue weighted by atomic mass is 79.9. The summed E-state index contributed by atoms with van der Waals surface area (Å²) in [5.41, 5.74) is 0.174. The Morgan fingerprint density at radius 2 is 1.76 bits per heavy atom. The maximum absolute atomic E-state index is 14.2. The van der Waals surface area contributed by atoms with Crippen LogP contribution >= 0.6 is 15.9 Å². The van der Waals surface area contributed by atoms with E-state index in [1.807, 2.05) is 0 Å². The first-order valence-corrected chi connectivity index (χ1v) is 8.77. The summed E-state index contributed by atoms with van der Waals surface area (Å²) >= 11 is 3.15. The first-order chi connectivity index (χ1) is 10.1. The Morgan fingerprint density at radius 1 is 1.05 bits per heavy atom. The van der Waals surface area contributed by atoms with Gasteiger partial charge in [-0.2, -0.15) is 0 Å². The van der Waals surface area contributed by atoms with Gasteiger partial charge in [-0.25, -0.2) is 8.78 Å². The summed E-state index contributed by atoms with van der Waals surface area (Å²) in [7, 11) is 0. The van der Waals surface area contributed by atoms with Gasteiger partial charge >= 0.3 is 0 Å². The fourth-order valence-corrected chi connectivity index (χ4v) is 2.83. The second-order valence-corrected chi connectivity index (χ2v) is 6.32. The van der Waals surface area contributed by atoms with E-state index < -0.39 is 11.6 Å². The van der Waals surface area contributed by atoms with Crippen molar-refractivity contribution in [3.8, 4) is 0 Å². The molecule has 1 N–H and O–H groups in total. The van der Waals surface area contributed by atoms with E-state index in [0.717, 1.165) is 32.2 Å². The van der Waals surface area contributed by atoms with Crippen molar-refractivity contribution in [3.05, 3.63) is 33.8 Å². The minimum Gasteiger partial charge on any atom is -0.310 e. The molecule has 0 aliphatic heterocycles. The zero-order valence-corrected chi connectivity index (χ0v) is 14.6. The normalized spacial score (nSPS) is 12.6. The largest absolute Gasteiger partial charge is 0.310 e. The third-order valence-electron chi connectivity index (χ3n) is 3.66. The standard InChI is InChI=1S/C17H26BrF2N/c1-3-5-6-7-8-9-15(21-12-4-2)16-14(19)11-10-13(18)17(16)20/h10-11,15,21H,3-9,12H2,1-2H3. The summed E-state index contributed by atoms with van der Waals surface area (Å²) in [6.45, 7) is 5.00. The van der Waals surface area contributed by atoms with Gasteiger partial charge in [0.25, 0.3) is 0 Å². The van der Waals surface area contributed by atoms with Gasteiger partial charge in [0.1, 0.15) is 11.6 Å². The third kappa shape index (κ3) is 6.03.